The van der Waals surface area contributed by atoms with Gasteiger partial charge in [0.15, 0.2) is 0 Å². The minimum absolute atomic E-state index is 0.0332. The molecule has 2 fully saturated rings. The van der Waals surface area contributed by atoms with Crippen molar-refractivity contribution in [2.75, 3.05) is 26.3 Å². The average Bonchev–Trinajstić information content (AvgIpc) is 3.05. The smallest absolute Gasteiger partial charge is 0.255 e. The van der Waals surface area contributed by atoms with E-state index in [1.54, 1.807) is 18.6 Å². The lowest BCUT2D eigenvalue weighted by Gasteiger charge is -2.50. The quantitative estimate of drug-likeness (QED) is 0.826. The predicted molar refractivity (Wildman–Crippen MR) is 96.0 cm³/mol. The first-order valence-corrected chi connectivity index (χ1v) is 9.05. The number of carbonyl (C=O) groups is 1. The fourth-order valence-corrected chi connectivity index (χ4v) is 3.88. The number of rotatable bonds is 5. The molecular formula is C20H23N3O3. The largest absolute Gasteiger partial charge is 0.478 e. The summed E-state index contributed by atoms with van der Waals surface area (Å²) in [5.41, 5.74) is 1.43. The fourth-order valence-electron chi connectivity index (χ4n) is 3.88. The molecule has 2 aromatic rings. The Hall–Kier alpha value is -2.47. The van der Waals surface area contributed by atoms with Crippen LogP contribution in [0.4, 0.5) is 0 Å². The molecule has 0 N–H and O–H groups in total. The van der Waals surface area contributed by atoms with Crippen molar-refractivity contribution in [1.82, 2.24) is 14.9 Å². The van der Waals surface area contributed by atoms with Crippen molar-refractivity contribution < 1.29 is 14.3 Å². The lowest BCUT2D eigenvalue weighted by Crippen LogP contribution is -2.66. The van der Waals surface area contributed by atoms with Gasteiger partial charge in [-0.3, -0.25) is 9.78 Å². The molecule has 4 rings (SSSR count). The molecule has 0 aromatic carbocycles. The van der Waals surface area contributed by atoms with Crippen LogP contribution in [0.15, 0.2) is 42.9 Å². The Morgan fingerprint density at radius 2 is 2.27 bits per heavy atom. The van der Waals surface area contributed by atoms with Crippen LogP contribution in [0.5, 0.6) is 5.88 Å². The molecule has 4 heterocycles. The number of likely N-dealkylation sites (tertiary alicyclic amines) is 1. The van der Waals surface area contributed by atoms with E-state index in [0.29, 0.717) is 37.1 Å². The highest BCUT2D eigenvalue weighted by atomic mass is 16.5. The minimum atomic E-state index is -0.208. The van der Waals surface area contributed by atoms with Crippen LogP contribution >= 0.6 is 0 Å². The number of nitrogens with zero attached hydrogens (tertiary/aromatic N) is 3. The van der Waals surface area contributed by atoms with Crippen LogP contribution < -0.4 is 4.74 Å². The van der Waals surface area contributed by atoms with Crippen molar-refractivity contribution >= 4 is 5.91 Å². The highest BCUT2D eigenvalue weighted by Gasteiger charge is 2.54. The second-order valence-corrected chi connectivity index (χ2v) is 7.12. The molecule has 136 valence electrons. The minimum Gasteiger partial charge on any atom is -0.478 e. The average molecular weight is 353 g/mol. The molecule has 0 bridgehead atoms. The molecule has 0 saturated carbocycles. The lowest BCUT2D eigenvalue weighted by molar-refractivity contribution is -0.119. The first-order valence-electron chi connectivity index (χ1n) is 9.05. The lowest BCUT2D eigenvalue weighted by atomic mass is 9.79. The van der Waals surface area contributed by atoms with Crippen LogP contribution in [0, 0.1) is 12.8 Å². The number of pyridine rings is 2. The summed E-state index contributed by atoms with van der Waals surface area (Å²) in [6.45, 7) is 4.60. The normalized spacial score (nSPS) is 20.8. The number of carbonyl (C=O) groups excluding carboxylic acids is 1. The van der Waals surface area contributed by atoms with E-state index >= 15 is 0 Å². The zero-order valence-electron chi connectivity index (χ0n) is 14.9. The number of amides is 1. The second kappa shape index (κ2) is 7.03. The Morgan fingerprint density at radius 1 is 1.38 bits per heavy atom. The number of aromatic nitrogens is 2. The monoisotopic (exact) mass is 353 g/mol. The van der Waals surface area contributed by atoms with Crippen molar-refractivity contribution in [3.05, 3.63) is 54.0 Å². The molecule has 2 aliphatic rings. The summed E-state index contributed by atoms with van der Waals surface area (Å²) in [4.78, 5) is 22.8. The first-order chi connectivity index (χ1) is 12.7. The van der Waals surface area contributed by atoms with Gasteiger partial charge >= 0.3 is 0 Å². The van der Waals surface area contributed by atoms with Gasteiger partial charge in [-0.25, -0.2) is 4.98 Å². The molecule has 1 amide bonds. The summed E-state index contributed by atoms with van der Waals surface area (Å²) in [6, 6.07) is 7.53. The van der Waals surface area contributed by atoms with Gasteiger partial charge in [0.2, 0.25) is 5.88 Å². The van der Waals surface area contributed by atoms with Crippen LogP contribution in [-0.4, -0.2) is 52.7 Å². The molecule has 0 aliphatic carbocycles. The molecular weight excluding hydrogens is 330 g/mol. The van der Waals surface area contributed by atoms with E-state index < -0.39 is 0 Å². The zero-order chi connectivity index (χ0) is 18.0. The van der Waals surface area contributed by atoms with Gasteiger partial charge in [0, 0.05) is 31.3 Å². The third kappa shape index (κ3) is 3.29. The Bertz CT molecular complexity index is 775. The zero-order valence-corrected chi connectivity index (χ0v) is 14.9. The number of hydrogen-bond acceptors (Lipinski definition) is 5. The Labute approximate surface area is 153 Å². The van der Waals surface area contributed by atoms with Gasteiger partial charge in [0.25, 0.3) is 5.91 Å². The molecule has 1 spiro atoms. The molecule has 2 saturated heterocycles. The standard InChI is InChI=1S/C20H23N3O3/c1-15-10-16(12-21-11-15)19(24)23-13-20(14-23)17(6-9-26-20)5-8-25-18-4-2-3-7-22-18/h2-4,7,10-12,17H,5-6,8-9,13-14H2,1H3/t17-/m0/s1. The summed E-state index contributed by atoms with van der Waals surface area (Å²) < 4.78 is 11.8. The number of aryl methyl sites for hydroxylation is 1. The van der Waals surface area contributed by atoms with Crippen molar-refractivity contribution in [2.45, 2.75) is 25.4 Å². The molecule has 0 radical (unpaired) electrons. The van der Waals surface area contributed by atoms with Crippen LogP contribution in [0.3, 0.4) is 0 Å². The third-order valence-electron chi connectivity index (χ3n) is 5.28. The molecule has 1 atom stereocenters. The highest BCUT2D eigenvalue weighted by Crippen LogP contribution is 2.42. The number of ether oxygens (including phenoxy) is 2. The maximum atomic E-state index is 12.6. The summed E-state index contributed by atoms with van der Waals surface area (Å²) in [7, 11) is 0. The molecule has 2 aromatic heterocycles. The molecule has 26 heavy (non-hydrogen) atoms. The third-order valence-corrected chi connectivity index (χ3v) is 5.28. The van der Waals surface area contributed by atoms with Gasteiger partial charge in [0.1, 0.15) is 5.60 Å². The Morgan fingerprint density at radius 3 is 3.04 bits per heavy atom. The fraction of sp³-hybridized carbons (Fsp3) is 0.450. The van der Waals surface area contributed by atoms with Gasteiger partial charge in [0.05, 0.1) is 25.3 Å². The SMILES string of the molecule is Cc1cncc(C(=O)N2CC3(C2)OCC[C@@H]3CCOc2ccccn2)c1. The van der Waals surface area contributed by atoms with Gasteiger partial charge in [-0.1, -0.05) is 6.07 Å². The van der Waals surface area contributed by atoms with Gasteiger partial charge in [-0.05, 0) is 43.4 Å². The van der Waals surface area contributed by atoms with E-state index in [-0.39, 0.29) is 11.5 Å². The predicted octanol–water partition coefficient (Wildman–Crippen LogP) is 2.49. The van der Waals surface area contributed by atoms with Crippen molar-refractivity contribution in [3.63, 3.8) is 0 Å². The Balaban J connectivity index is 1.32. The topological polar surface area (TPSA) is 64.6 Å². The van der Waals surface area contributed by atoms with E-state index in [2.05, 4.69) is 9.97 Å². The van der Waals surface area contributed by atoms with E-state index in [4.69, 9.17) is 9.47 Å². The van der Waals surface area contributed by atoms with Gasteiger partial charge < -0.3 is 14.4 Å². The van der Waals surface area contributed by atoms with Crippen LogP contribution in [0.2, 0.25) is 0 Å². The summed E-state index contributed by atoms with van der Waals surface area (Å²) in [5.74, 6) is 1.09. The molecule has 6 nitrogen and oxygen atoms in total. The van der Waals surface area contributed by atoms with E-state index in [9.17, 15) is 4.79 Å². The van der Waals surface area contributed by atoms with E-state index in [1.165, 1.54) is 0 Å². The van der Waals surface area contributed by atoms with Crippen molar-refractivity contribution in [1.29, 1.82) is 0 Å². The second-order valence-electron chi connectivity index (χ2n) is 7.12. The Kier molecular flexibility index (Phi) is 4.59. The van der Waals surface area contributed by atoms with Crippen molar-refractivity contribution in [2.24, 2.45) is 5.92 Å². The van der Waals surface area contributed by atoms with Crippen molar-refractivity contribution in [3.8, 4) is 5.88 Å². The maximum Gasteiger partial charge on any atom is 0.255 e. The summed E-state index contributed by atoms with van der Waals surface area (Å²) in [6.07, 6.45) is 7.04. The maximum absolute atomic E-state index is 12.6. The summed E-state index contributed by atoms with van der Waals surface area (Å²) in [5, 5.41) is 0. The summed E-state index contributed by atoms with van der Waals surface area (Å²) >= 11 is 0. The van der Waals surface area contributed by atoms with E-state index in [1.807, 2.05) is 36.1 Å². The van der Waals surface area contributed by atoms with Crippen LogP contribution in [-0.2, 0) is 4.74 Å². The molecule has 6 heteroatoms. The van der Waals surface area contributed by atoms with E-state index in [0.717, 1.165) is 25.0 Å². The highest BCUT2D eigenvalue weighted by molar-refractivity contribution is 5.94. The molecule has 2 aliphatic heterocycles. The first kappa shape index (κ1) is 17.0. The van der Waals surface area contributed by atoms with Gasteiger partial charge in [-0.2, -0.15) is 0 Å². The number of hydrogen-bond donors (Lipinski definition) is 0. The molecule has 0 unspecified atom stereocenters. The van der Waals surface area contributed by atoms with Gasteiger partial charge in [-0.15, -0.1) is 0 Å². The van der Waals surface area contributed by atoms with Crippen LogP contribution in [0.1, 0.15) is 28.8 Å². The van der Waals surface area contributed by atoms with Crippen LogP contribution in [0.25, 0.3) is 0 Å².